The lowest BCUT2D eigenvalue weighted by Gasteiger charge is -2.35. The van der Waals surface area contributed by atoms with Crippen LogP contribution >= 0.6 is 0 Å². The Morgan fingerprint density at radius 2 is 0.862 bits per heavy atom. The van der Waals surface area contributed by atoms with Crippen LogP contribution in [-0.4, -0.2) is 17.2 Å². The van der Waals surface area contributed by atoms with Crippen molar-refractivity contribution < 1.29 is 4.42 Å². The van der Waals surface area contributed by atoms with Crippen LogP contribution in [0.1, 0.15) is 0 Å². The molecule has 58 heavy (non-hydrogen) atoms. The van der Waals surface area contributed by atoms with E-state index in [9.17, 15) is 0 Å². The molecule has 0 aliphatic rings. The Hall–Kier alpha value is -7.40. The molecule has 9 aromatic carbocycles. The maximum atomic E-state index is 6.60. The van der Waals surface area contributed by atoms with Gasteiger partial charge in [-0.05, 0) is 69.3 Å². The SMILES string of the molecule is c1ccc([Si](c2ccccc2)(c2ccccc2)c2cccc3c2c2ccccc2n3-c2ccc3c(c2)c2ccccc2n3-c2cccc3c2oc2ccccc23)cc1. The van der Waals surface area contributed by atoms with Crippen LogP contribution in [0.2, 0.25) is 0 Å². The minimum Gasteiger partial charge on any atom is -0.454 e. The summed E-state index contributed by atoms with van der Waals surface area (Å²) in [6, 6.07) is 80.2. The fraction of sp³-hybridized carbons (Fsp3) is 0. The van der Waals surface area contributed by atoms with Crippen molar-refractivity contribution in [3.8, 4) is 11.4 Å². The number of aromatic nitrogens is 2. The van der Waals surface area contributed by atoms with Crippen LogP contribution in [-0.2, 0) is 0 Å². The van der Waals surface area contributed by atoms with Gasteiger partial charge >= 0.3 is 0 Å². The molecule has 0 N–H and O–H groups in total. The van der Waals surface area contributed by atoms with E-state index in [1.54, 1.807) is 0 Å². The van der Waals surface area contributed by atoms with Gasteiger partial charge in [0, 0.05) is 38.0 Å². The number of para-hydroxylation sites is 4. The Labute approximate surface area is 336 Å². The first-order chi connectivity index (χ1) is 28.8. The predicted molar refractivity (Wildman–Crippen MR) is 246 cm³/mol. The van der Waals surface area contributed by atoms with Gasteiger partial charge in [-0.1, -0.05) is 170 Å². The molecule has 3 heterocycles. The zero-order valence-electron chi connectivity index (χ0n) is 31.6. The summed E-state index contributed by atoms with van der Waals surface area (Å²) >= 11 is 0. The molecule has 0 amide bonds. The second-order valence-electron chi connectivity index (χ2n) is 15.2. The monoisotopic (exact) mass is 756 g/mol. The van der Waals surface area contributed by atoms with Gasteiger partial charge in [0.05, 0.1) is 27.8 Å². The van der Waals surface area contributed by atoms with Crippen molar-refractivity contribution in [1.29, 1.82) is 0 Å². The Balaban J connectivity index is 1.15. The van der Waals surface area contributed by atoms with E-state index in [1.165, 1.54) is 53.3 Å². The Kier molecular flexibility index (Phi) is 7.25. The van der Waals surface area contributed by atoms with Crippen molar-refractivity contribution in [2.75, 3.05) is 0 Å². The van der Waals surface area contributed by atoms with E-state index in [4.69, 9.17) is 4.42 Å². The first-order valence-electron chi connectivity index (χ1n) is 19.9. The molecule has 3 aromatic heterocycles. The minimum absolute atomic E-state index is 0.897. The minimum atomic E-state index is -2.84. The maximum Gasteiger partial charge on any atom is 0.180 e. The van der Waals surface area contributed by atoms with Crippen molar-refractivity contribution in [1.82, 2.24) is 9.13 Å². The summed E-state index contributed by atoms with van der Waals surface area (Å²) < 4.78 is 11.5. The molecule has 0 saturated carbocycles. The third-order valence-corrected chi connectivity index (χ3v) is 17.1. The molecule has 0 unspecified atom stereocenters. The van der Waals surface area contributed by atoms with E-state index >= 15 is 0 Å². The maximum absolute atomic E-state index is 6.60. The van der Waals surface area contributed by atoms with Crippen molar-refractivity contribution in [3.05, 3.63) is 218 Å². The van der Waals surface area contributed by atoms with E-state index in [0.717, 1.165) is 44.3 Å². The van der Waals surface area contributed by atoms with Crippen LogP contribution in [0.3, 0.4) is 0 Å². The summed E-state index contributed by atoms with van der Waals surface area (Å²) in [7, 11) is -2.84. The molecule has 4 heteroatoms. The van der Waals surface area contributed by atoms with E-state index in [-0.39, 0.29) is 0 Å². The van der Waals surface area contributed by atoms with Gasteiger partial charge in [0.15, 0.2) is 13.7 Å². The second kappa shape index (κ2) is 12.8. The summed E-state index contributed by atoms with van der Waals surface area (Å²) in [5.41, 5.74) is 8.65. The first kappa shape index (κ1) is 32.8. The van der Waals surface area contributed by atoms with E-state index in [1.807, 2.05) is 6.07 Å². The molecule has 12 rings (SSSR count). The predicted octanol–water partition coefficient (Wildman–Crippen LogP) is 11.2. The molecule has 0 bridgehead atoms. The number of rotatable bonds is 6. The highest BCUT2D eigenvalue weighted by Crippen LogP contribution is 2.40. The van der Waals surface area contributed by atoms with Crippen molar-refractivity contribution in [2.24, 2.45) is 0 Å². The normalized spacial score (nSPS) is 12.1. The highest BCUT2D eigenvalue weighted by Gasteiger charge is 2.43. The zero-order chi connectivity index (χ0) is 38.2. The lowest BCUT2D eigenvalue weighted by molar-refractivity contribution is 0.666. The number of benzene rings is 9. The Morgan fingerprint density at radius 3 is 1.55 bits per heavy atom. The number of hydrogen-bond donors (Lipinski definition) is 0. The van der Waals surface area contributed by atoms with Crippen LogP contribution in [0.5, 0.6) is 0 Å². The first-order valence-corrected chi connectivity index (χ1v) is 21.9. The van der Waals surface area contributed by atoms with Gasteiger partial charge in [-0.2, -0.15) is 0 Å². The smallest absolute Gasteiger partial charge is 0.180 e. The lowest BCUT2D eigenvalue weighted by atomic mass is 10.1. The van der Waals surface area contributed by atoms with Crippen molar-refractivity contribution in [2.45, 2.75) is 0 Å². The van der Waals surface area contributed by atoms with Gasteiger partial charge in [0.2, 0.25) is 0 Å². The Bertz CT molecular complexity index is 3410. The van der Waals surface area contributed by atoms with E-state index in [2.05, 4.69) is 221 Å². The molecule has 0 radical (unpaired) electrons. The third-order valence-electron chi connectivity index (χ3n) is 12.3. The molecule has 3 nitrogen and oxygen atoms in total. The summed E-state index contributed by atoms with van der Waals surface area (Å²) in [4.78, 5) is 0. The number of furan rings is 1. The van der Waals surface area contributed by atoms with Gasteiger partial charge in [0.1, 0.15) is 5.58 Å². The molecule has 0 aliphatic carbocycles. The molecular formula is C54H36N2OSi. The number of nitrogens with zero attached hydrogens (tertiary/aromatic N) is 2. The molecule has 0 atom stereocenters. The zero-order valence-corrected chi connectivity index (χ0v) is 32.6. The second-order valence-corrected chi connectivity index (χ2v) is 19.0. The largest absolute Gasteiger partial charge is 0.454 e. The van der Waals surface area contributed by atoms with Crippen LogP contribution < -0.4 is 20.7 Å². The Morgan fingerprint density at radius 1 is 0.345 bits per heavy atom. The molecule has 0 aliphatic heterocycles. The van der Waals surface area contributed by atoms with E-state index in [0.29, 0.717) is 0 Å². The topological polar surface area (TPSA) is 23.0 Å². The van der Waals surface area contributed by atoms with Crippen LogP contribution in [0.15, 0.2) is 223 Å². The molecule has 12 aromatic rings. The quantitative estimate of drug-likeness (QED) is 0.122. The molecule has 0 saturated heterocycles. The lowest BCUT2D eigenvalue weighted by Crippen LogP contribution is -2.74. The van der Waals surface area contributed by atoms with Gasteiger partial charge in [0.25, 0.3) is 0 Å². The molecule has 272 valence electrons. The highest BCUT2D eigenvalue weighted by atomic mass is 28.3. The van der Waals surface area contributed by atoms with Crippen molar-refractivity contribution >= 4 is 94.4 Å². The van der Waals surface area contributed by atoms with E-state index < -0.39 is 8.07 Å². The average molecular weight is 757 g/mol. The van der Waals surface area contributed by atoms with Crippen LogP contribution in [0.4, 0.5) is 0 Å². The van der Waals surface area contributed by atoms with Gasteiger partial charge < -0.3 is 13.6 Å². The molecule has 0 spiro atoms. The standard InChI is InChI=1S/C54H36N2OSi/c1-4-18-38(19-5-1)58(39-20-6-2-7-21-39,40-22-8-3-9-23-40)52-33-17-30-49-53(52)44-26-11-14-29-47(44)55(49)37-34-35-48-45(36-37)41-24-10-13-28-46(41)56(48)50-31-16-27-43-42-25-12-15-32-51(42)57-54(43)50/h1-36H. The summed E-state index contributed by atoms with van der Waals surface area (Å²) in [5.74, 6) is 0. The fourth-order valence-electron chi connectivity index (χ4n) is 9.91. The fourth-order valence-corrected chi connectivity index (χ4v) is 14.9. The number of fused-ring (bicyclic) bond motifs is 9. The van der Waals surface area contributed by atoms with Crippen molar-refractivity contribution in [3.63, 3.8) is 0 Å². The van der Waals surface area contributed by atoms with Crippen LogP contribution in [0, 0.1) is 0 Å². The van der Waals surface area contributed by atoms with Crippen LogP contribution in [0.25, 0.3) is 76.9 Å². The van der Waals surface area contributed by atoms with Gasteiger partial charge in [-0.25, -0.2) is 0 Å². The highest BCUT2D eigenvalue weighted by molar-refractivity contribution is 7.20. The summed E-state index contributed by atoms with van der Waals surface area (Å²) in [6.45, 7) is 0. The average Bonchev–Trinajstić information content (AvgIpc) is 3.96. The molecular weight excluding hydrogens is 721 g/mol. The molecule has 0 fully saturated rings. The summed E-state index contributed by atoms with van der Waals surface area (Å²) in [6.07, 6.45) is 0. The van der Waals surface area contributed by atoms with Gasteiger partial charge in [-0.15, -0.1) is 0 Å². The summed E-state index contributed by atoms with van der Waals surface area (Å²) in [5, 5.41) is 12.7. The van der Waals surface area contributed by atoms with Gasteiger partial charge in [-0.3, -0.25) is 0 Å². The number of hydrogen-bond acceptors (Lipinski definition) is 1. The third kappa shape index (κ3) is 4.61.